The predicted octanol–water partition coefficient (Wildman–Crippen LogP) is 2.95. The third kappa shape index (κ3) is 4.06. The maximum atomic E-state index is 11.3. The summed E-state index contributed by atoms with van der Waals surface area (Å²) in [5.74, 6) is 0. The third-order valence-electron chi connectivity index (χ3n) is 3.65. The van der Waals surface area contributed by atoms with Gasteiger partial charge in [0.1, 0.15) is 0 Å². The summed E-state index contributed by atoms with van der Waals surface area (Å²) in [6.45, 7) is 2.21. The molecule has 4 heteroatoms. The number of rotatable bonds is 9. The first-order valence-electron chi connectivity index (χ1n) is 6.54. The van der Waals surface area contributed by atoms with Crippen molar-refractivity contribution in [1.82, 2.24) is 0 Å². The van der Waals surface area contributed by atoms with Gasteiger partial charge in [-0.3, -0.25) is 0 Å². The maximum Gasteiger partial charge on any atom is 0.214 e. The van der Waals surface area contributed by atoms with E-state index in [4.69, 9.17) is 5.14 Å². The highest BCUT2D eigenvalue weighted by Crippen LogP contribution is 2.46. The molecule has 0 radical (unpaired) electrons. The Labute approximate surface area is 99.8 Å². The molecular weight excluding hydrogens is 222 g/mol. The lowest BCUT2D eigenvalue weighted by molar-refractivity contribution is 0.539. The molecule has 0 aromatic rings. The van der Waals surface area contributed by atoms with E-state index in [1.54, 1.807) is 0 Å². The molecule has 0 aliphatic heterocycles. The summed E-state index contributed by atoms with van der Waals surface area (Å²) in [4.78, 5) is 0. The van der Waals surface area contributed by atoms with E-state index in [0.29, 0.717) is 0 Å². The van der Waals surface area contributed by atoms with Crippen LogP contribution in [0.2, 0.25) is 0 Å². The van der Waals surface area contributed by atoms with Gasteiger partial charge in [-0.1, -0.05) is 51.9 Å². The van der Waals surface area contributed by atoms with Crippen LogP contribution in [0.25, 0.3) is 0 Å². The van der Waals surface area contributed by atoms with Crippen LogP contribution in [-0.2, 0) is 10.0 Å². The van der Waals surface area contributed by atoms with E-state index in [0.717, 1.165) is 32.1 Å². The summed E-state index contributed by atoms with van der Waals surface area (Å²) in [6, 6.07) is 0. The number of sulfonamides is 1. The Morgan fingerprint density at radius 3 is 1.94 bits per heavy atom. The van der Waals surface area contributed by atoms with Crippen LogP contribution >= 0.6 is 0 Å². The molecule has 0 bridgehead atoms. The van der Waals surface area contributed by atoms with Crippen LogP contribution in [0.1, 0.15) is 71.1 Å². The van der Waals surface area contributed by atoms with Crippen molar-refractivity contribution in [3.63, 3.8) is 0 Å². The molecule has 0 heterocycles. The van der Waals surface area contributed by atoms with Crippen molar-refractivity contribution in [2.45, 2.75) is 75.9 Å². The highest BCUT2D eigenvalue weighted by molar-refractivity contribution is 7.90. The van der Waals surface area contributed by atoms with Crippen molar-refractivity contribution in [3.8, 4) is 0 Å². The number of hydrogen-bond acceptors (Lipinski definition) is 2. The van der Waals surface area contributed by atoms with E-state index in [-0.39, 0.29) is 0 Å². The molecule has 0 amide bonds. The van der Waals surface area contributed by atoms with Crippen molar-refractivity contribution in [2.75, 3.05) is 0 Å². The van der Waals surface area contributed by atoms with Crippen molar-refractivity contribution in [2.24, 2.45) is 5.14 Å². The lowest BCUT2D eigenvalue weighted by atomic mass is 10.1. The Balaban J connectivity index is 2.04. The summed E-state index contributed by atoms with van der Waals surface area (Å²) in [5.41, 5.74) is 0. The summed E-state index contributed by atoms with van der Waals surface area (Å²) < 4.78 is 22.1. The second-order valence-corrected chi connectivity index (χ2v) is 7.06. The highest BCUT2D eigenvalue weighted by Gasteiger charge is 2.51. The molecule has 16 heavy (non-hydrogen) atoms. The first-order valence-corrected chi connectivity index (χ1v) is 8.09. The zero-order valence-electron chi connectivity index (χ0n) is 10.4. The van der Waals surface area contributed by atoms with Crippen LogP contribution in [0.3, 0.4) is 0 Å². The van der Waals surface area contributed by atoms with Crippen molar-refractivity contribution in [1.29, 1.82) is 0 Å². The van der Waals surface area contributed by atoms with Gasteiger partial charge in [0.25, 0.3) is 0 Å². The molecule has 1 fully saturated rings. The molecular formula is C12H25NO2S. The second kappa shape index (κ2) is 6.01. The van der Waals surface area contributed by atoms with Gasteiger partial charge in [-0.2, -0.15) is 0 Å². The Bertz CT molecular complexity index is 294. The van der Waals surface area contributed by atoms with Gasteiger partial charge in [0, 0.05) is 0 Å². The van der Waals surface area contributed by atoms with E-state index >= 15 is 0 Å². The topological polar surface area (TPSA) is 60.2 Å². The molecule has 0 saturated heterocycles. The van der Waals surface area contributed by atoms with Crippen LogP contribution in [0, 0.1) is 0 Å². The summed E-state index contributed by atoms with van der Waals surface area (Å²) in [6.07, 6.45) is 10.9. The number of unbranched alkanes of at least 4 members (excludes halogenated alkanes) is 6. The van der Waals surface area contributed by atoms with Crippen LogP contribution in [0.5, 0.6) is 0 Å². The van der Waals surface area contributed by atoms with Gasteiger partial charge in [-0.05, 0) is 19.3 Å². The molecule has 3 nitrogen and oxygen atoms in total. The Kier molecular flexibility index (Phi) is 5.25. The standard InChI is InChI=1S/C12H25NO2S/c1-2-3-4-5-6-7-8-9-12(10-11-12)16(13,14)15/h2-11H2,1H3,(H2,13,14,15). The molecule has 0 spiro atoms. The Morgan fingerprint density at radius 2 is 1.50 bits per heavy atom. The van der Waals surface area contributed by atoms with Crippen LogP contribution in [0.4, 0.5) is 0 Å². The fraction of sp³-hybridized carbons (Fsp3) is 1.00. The van der Waals surface area contributed by atoms with Gasteiger partial charge >= 0.3 is 0 Å². The number of primary sulfonamides is 1. The second-order valence-electron chi connectivity index (χ2n) is 5.10. The first-order chi connectivity index (χ1) is 7.52. The van der Waals surface area contributed by atoms with E-state index < -0.39 is 14.8 Å². The van der Waals surface area contributed by atoms with Crippen LogP contribution in [0.15, 0.2) is 0 Å². The highest BCUT2D eigenvalue weighted by atomic mass is 32.2. The molecule has 0 unspecified atom stereocenters. The number of nitrogens with two attached hydrogens (primary N) is 1. The molecule has 0 aromatic heterocycles. The van der Waals surface area contributed by atoms with Gasteiger partial charge in [0.05, 0.1) is 4.75 Å². The zero-order valence-corrected chi connectivity index (χ0v) is 11.2. The minimum absolute atomic E-state index is 0.517. The van der Waals surface area contributed by atoms with Gasteiger partial charge in [-0.25, -0.2) is 13.6 Å². The largest absolute Gasteiger partial charge is 0.228 e. The van der Waals surface area contributed by atoms with Crippen LogP contribution in [-0.4, -0.2) is 13.2 Å². The molecule has 1 aliphatic carbocycles. The van der Waals surface area contributed by atoms with E-state index in [2.05, 4.69) is 6.92 Å². The third-order valence-corrected chi connectivity index (χ3v) is 5.47. The van der Waals surface area contributed by atoms with Crippen LogP contribution < -0.4 is 5.14 Å². The van der Waals surface area contributed by atoms with Gasteiger partial charge in [-0.15, -0.1) is 0 Å². The quantitative estimate of drug-likeness (QED) is 0.637. The smallest absolute Gasteiger partial charge is 0.214 e. The maximum absolute atomic E-state index is 11.3. The average Bonchev–Trinajstić information content (AvgIpc) is 2.96. The van der Waals surface area contributed by atoms with Crippen molar-refractivity contribution >= 4 is 10.0 Å². The van der Waals surface area contributed by atoms with Gasteiger partial charge < -0.3 is 0 Å². The molecule has 96 valence electrons. The molecule has 1 rings (SSSR count). The summed E-state index contributed by atoms with van der Waals surface area (Å²) in [5, 5.41) is 5.23. The fourth-order valence-corrected chi connectivity index (χ4v) is 3.32. The van der Waals surface area contributed by atoms with Gasteiger partial charge in [0.2, 0.25) is 10.0 Å². The normalized spacial score (nSPS) is 18.6. The number of hydrogen-bond donors (Lipinski definition) is 1. The molecule has 2 N–H and O–H groups in total. The average molecular weight is 247 g/mol. The van der Waals surface area contributed by atoms with E-state index in [9.17, 15) is 8.42 Å². The monoisotopic (exact) mass is 247 g/mol. The summed E-state index contributed by atoms with van der Waals surface area (Å²) >= 11 is 0. The molecule has 0 atom stereocenters. The lowest BCUT2D eigenvalue weighted by Crippen LogP contribution is -2.30. The molecule has 1 aliphatic rings. The Hall–Kier alpha value is -0.0900. The van der Waals surface area contributed by atoms with Crippen molar-refractivity contribution < 1.29 is 8.42 Å². The first kappa shape index (κ1) is 14.0. The summed E-state index contributed by atoms with van der Waals surface area (Å²) in [7, 11) is -3.29. The predicted molar refractivity (Wildman–Crippen MR) is 67.7 cm³/mol. The van der Waals surface area contributed by atoms with Gasteiger partial charge in [0.15, 0.2) is 0 Å². The minimum atomic E-state index is -3.29. The fourth-order valence-electron chi connectivity index (χ4n) is 2.22. The molecule has 1 saturated carbocycles. The SMILES string of the molecule is CCCCCCCCCC1(S(N)(=O)=O)CC1. The van der Waals surface area contributed by atoms with Crippen molar-refractivity contribution in [3.05, 3.63) is 0 Å². The zero-order chi connectivity index (χ0) is 12.1. The molecule has 0 aromatic carbocycles. The van der Waals surface area contributed by atoms with E-state index in [1.807, 2.05) is 0 Å². The Morgan fingerprint density at radius 1 is 1.00 bits per heavy atom. The lowest BCUT2D eigenvalue weighted by Gasteiger charge is -2.11. The van der Waals surface area contributed by atoms with E-state index in [1.165, 1.54) is 32.1 Å². The minimum Gasteiger partial charge on any atom is -0.228 e.